The van der Waals surface area contributed by atoms with Crippen LogP contribution in [0.3, 0.4) is 0 Å². The van der Waals surface area contributed by atoms with E-state index in [0.717, 1.165) is 26.2 Å². The minimum Gasteiger partial charge on any atom is -0.455 e. The van der Waals surface area contributed by atoms with Crippen molar-refractivity contribution < 1.29 is 19.1 Å². The topological polar surface area (TPSA) is 74.0 Å². The third-order valence-electron chi connectivity index (χ3n) is 5.40. The maximum atomic E-state index is 12.7. The largest absolute Gasteiger partial charge is 0.455 e. The van der Waals surface area contributed by atoms with Gasteiger partial charge in [0.25, 0.3) is 0 Å². The molecule has 1 aromatic heterocycles. The van der Waals surface area contributed by atoms with Crippen molar-refractivity contribution in [2.75, 3.05) is 39.3 Å². The van der Waals surface area contributed by atoms with Gasteiger partial charge in [0.1, 0.15) is 5.76 Å². The van der Waals surface area contributed by atoms with Crippen LogP contribution in [0.4, 0.5) is 0 Å². The fourth-order valence-corrected chi connectivity index (χ4v) is 3.80. The molecule has 1 aliphatic heterocycles. The molecule has 136 valence electrons. The van der Waals surface area contributed by atoms with E-state index in [1.54, 1.807) is 30.3 Å². The summed E-state index contributed by atoms with van der Waals surface area (Å²) in [5.74, 6) is 0.446. The van der Waals surface area contributed by atoms with Crippen LogP contribution in [0.25, 0.3) is 0 Å². The average Bonchev–Trinajstić information content (AvgIpc) is 3.12. The number of hydrogen-bond donors (Lipinski definition) is 1. The summed E-state index contributed by atoms with van der Waals surface area (Å²) in [6.07, 6.45) is 0. The molecule has 1 fully saturated rings. The number of hydrogen-bond acceptors (Lipinski definition) is 6. The lowest BCUT2D eigenvalue weighted by Gasteiger charge is -2.37. The summed E-state index contributed by atoms with van der Waals surface area (Å²) in [6.45, 7) is 6.38. The fraction of sp³-hybridized carbons (Fsp3) is 0.400. The first-order valence-corrected chi connectivity index (χ1v) is 8.99. The second kappa shape index (κ2) is 6.79. The quantitative estimate of drug-likeness (QED) is 0.769. The van der Waals surface area contributed by atoms with Gasteiger partial charge in [-0.05, 0) is 13.0 Å². The first kappa shape index (κ1) is 17.1. The molecular formula is C20H22N2O4. The number of fused-ring (bicyclic) bond motifs is 2. The van der Waals surface area contributed by atoms with Crippen LogP contribution in [0.15, 0.2) is 34.7 Å². The van der Waals surface area contributed by atoms with E-state index in [0.29, 0.717) is 29.0 Å². The van der Waals surface area contributed by atoms with Gasteiger partial charge < -0.3 is 9.52 Å². The van der Waals surface area contributed by atoms with E-state index in [-0.39, 0.29) is 30.0 Å². The van der Waals surface area contributed by atoms with Gasteiger partial charge in [0.15, 0.2) is 11.5 Å². The SMILES string of the molecule is CC(c1cc2c(o1)C(=O)c1ccccc1C2=O)N1CCN(CCO)CC1. The maximum absolute atomic E-state index is 12.7. The van der Waals surface area contributed by atoms with Gasteiger partial charge in [-0.3, -0.25) is 19.4 Å². The number of aliphatic hydroxyl groups is 1. The van der Waals surface area contributed by atoms with Crippen molar-refractivity contribution in [1.82, 2.24) is 9.80 Å². The Morgan fingerprint density at radius 1 is 1.04 bits per heavy atom. The summed E-state index contributed by atoms with van der Waals surface area (Å²) >= 11 is 0. The van der Waals surface area contributed by atoms with E-state index in [9.17, 15) is 9.59 Å². The number of rotatable bonds is 4. The maximum Gasteiger partial charge on any atom is 0.229 e. The Kier molecular flexibility index (Phi) is 4.48. The summed E-state index contributed by atoms with van der Waals surface area (Å²) in [4.78, 5) is 29.9. The zero-order valence-corrected chi connectivity index (χ0v) is 14.8. The number of furan rings is 1. The number of aliphatic hydroxyl groups excluding tert-OH is 1. The second-order valence-electron chi connectivity index (χ2n) is 6.87. The molecule has 1 unspecified atom stereocenters. The molecular weight excluding hydrogens is 332 g/mol. The standard InChI is InChI=1S/C20H22N2O4/c1-13(22-8-6-21(7-9-22)10-11-23)17-12-16-18(24)14-4-2-3-5-15(14)19(25)20(16)26-17/h2-5,12-13,23H,6-11H2,1H3. The molecule has 26 heavy (non-hydrogen) atoms. The van der Waals surface area contributed by atoms with Crippen molar-refractivity contribution >= 4 is 11.6 Å². The molecule has 0 bridgehead atoms. The molecule has 0 saturated carbocycles. The smallest absolute Gasteiger partial charge is 0.229 e. The van der Waals surface area contributed by atoms with E-state index >= 15 is 0 Å². The highest BCUT2D eigenvalue weighted by molar-refractivity contribution is 6.27. The second-order valence-corrected chi connectivity index (χ2v) is 6.87. The molecule has 2 heterocycles. The number of ketones is 2. The predicted octanol–water partition coefficient (Wildman–Crippen LogP) is 1.73. The Hall–Kier alpha value is -2.28. The van der Waals surface area contributed by atoms with Gasteiger partial charge in [-0.1, -0.05) is 24.3 Å². The van der Waals surface area contributed by atoms with Gasteiger partial charge in [-0.2, -0.15) is 0 Å². The van der Waals surface area contributed by atoms with E-state index < -0.39 is 0 Å². The van der Waals surface area contributed by atoms with Crippen molar-refractivity contribution in [1.29, 1.82) is 0 Å². The molecule has 6 heteroatoms. The van der Waals surface area contributed by atoms with Crippen LogP contribution in [0, 0.1) is 0 Å². The van der Waals surface area contributed by atoms with E-state index in [4.69, 9.17) is 9.52 Å². The Bertz CT molecular complexity index is 797. The minimum absolute atomic E-state index is 0.0133. The molecule has 1 saturated heterocycles. The summed E-state index contributed by atoms with van der Waals surface area (Å²) in [7, 11) is 0. The summed E-state index contributed by atoms with van der Waals surface area (Å²) in [6, 6.07) is 8.61. The van der Waals surface area contributed by atoms with Crippen molar-refractivity contribution in [3.8, 4) is 0 Å². The molecule has 1 aliphatic carbocycles. The van der Waals surface area contributed by atoms with Crippen molar-refractivity contribution in [3.05, 3.63) is 58.5 Å². The molecule has 0 amide bonds. The molecule has 0 radical (unpaired) electrons. The molecule has 1 atom stereocenters. The average molecular weight is 354 g/mol. The lowest BCUT2D eigenvalue weighted by Crippen LogP contribution is -2.47. The van der Waals surface area contributed by atoms with E-state index in [1.807, 2.05) is 6.92 Å². The highest BCUT2D eigenvalue weighted by Crippen LogP contribution is 2.33. The fourth-order valence-electron chi connectivity index (χ4n) is 3.80. The van der Waals surface area contributed by atoms with Gasteiger partial charge in [0, 0.05) is 43.9 Å². The van der Waals surface area contributed by atoms with Crippen LogP contribution < -0.4 is 0 Å². The zero-order chi connectivity index (χ0) is 18.3. The van der Waals surface area contributed by atoms with Crippen LogP contribution in [-0.4, -0.2) is 65.8 Å². The highest BCUT2D eigenvalue weighted by atomic mass is 16.4. The third kappa shape index (κ3) is 2.80. The number of benzene rings is 1. The summed E-state index contributed by atoms with van der Waals surface area (Å²) in [5.41, 5.74) is 1.23. The van der Waals surface area contributed by atoms with Crippen LogP contribution >= 0.6 is 0 Å². The van der Waals surface area contributed by atoms with Gasteiger partial charge in [0.05, 0.1) is 18.2 Å². The van der Waals surface area contributed by atoms with Gasteiger partial charge >= 0.3 is 0 Å². The van der Waals surface area contributed by atoms with Crippen LogP contribution in [0.2, 0.25) is 0 Å². The number of piperazine rings is 1. The molecule has 1 aromatic carbocycles. The van der Waals surface area contributed by atoms with Crippen LogP contribution in [-0.2, 0) is 0 Å². The highest BCUT2D eigenvalue weighted by Gasteiger charge is 2.35. The van der Waals surface area contributed by atoms with Crippen molar-refractivity contribution in [3.63, 3.8) is 0 Å². The van der Waals surface area contributed by atoms with E-state index in [2.05, 4.69) is 9.80 Å². The van der Waals surface area contributed by atoms with E-state index in [1.165, 1.54) is 0 Å². The summed E-state index contributed by atoms with van der Waals surface area (Å²) in [5, 5.41) is 9.06. The monoisotopic (exact) mass is 354 g/mol. The molecule has 0 spiro atoms. The zero-order valence-electron chi connectivity index (χ0n) is 14.8. The minimum atomic E-state index is -0.221. The molecule has 4 rings (SSSR count). The first-order chi connectivity index (χ1) is 12.6. The lowest BCUT2D eigenvalue weighted by molar-refractivity contribution is 0.0805. The van der Waals surface area contributed by atoms with Crippen LogP contribution in [0.5, 0.6) is 0 Å². The first-order valence-electron chi connectivity index (χ1n) is 8.99. The number of carbonyl (C=O) groups excluding carboxylic acids is 2. The number of nitrogens with zero attached hydrogens (tertiary/aromatic N) is 2. The number of β-amino-alcohol motifs (C(OH)–C–C–N with tert-alkyl or cyclic N) is 1. The molecule has 2 aliphatic rings. The lowest BCUT2D eigenvalue weighted by atomic mass is 9.88. The van der Waals surface area contributed by atoms with Crippen molar-refractivity contribution in [2.45, 2.75) is 13.0 Å². The molecule has 1 N–H and O–H groups in total. The van der Waals surface area contributed by atoms with Gasteiger partial charge in [0.2, 0.25) is 5.78 Å². The molecule has 6 nitrogen and oxygen atoms in total. The van der Waals surface area contributed by atoms with Crippen molar-refractivity contribution in [2.24, 2.45) is 0 Å². The Morgan fingerprint density at radius 2 is 1.69 bits per heavy atom. The Balaban J connectivity index is 1.57. The normalized spacial score (nSPS) is 19.3. The Morgan fingerprint density at radius 3 is 2.35 bits per heavy atom. The molecule has 2 aromatic rings. The summed E-state index contributed by atoms with van der Waals surface area (Å²) < 4.78 is 5.87. The van der Waals surface area contributed by atoms with Gasteiger partial charge in [-0.25, -0.2) is 0 Å². The third-order valence-corrected chi connectivity index (χ3v) is 5.40. The Labute approximate surface area is 152 Å². The predicted molar refractivity (Wildman–Crippen MR) is 95.5 cm³/mol. The number of carbonyl (C=O) groups is 2. The van der Waals surface area contributed by atoms with Crippen LogP contribution in [0.1, 0.15) is 50.8 Å². The van der Waals surface area contributed by atoms with Gasteiger partial charge in [-0.15, -0.1) is 0 Å².